The van der Waals surface area contributed by atoms with E-state index in [0.29, 0.717) is 12.1 Å². The summed E-state index contributed by atoms with van der Waals surface area (Å²) in [5, 5.41) is 15.3. The van der Waals surface area contributed by atoms with Crippen LogP contribution in [-0.2, 0) is 20.5 Å². The monoisotopic (exact) mass is 344 g/mol. The third-order valence-electron chi connectivity index (χ3n) is 4.92. The van der Waals surface area contributed by atoms with Crippen LogP contribution in [0.3, 0.4) is 0 Å². The van der Waals surface area contributed by atoms with Crippen molar-refractivity contribution >= 4 is 5.91 Å². The van der Waals surface area contributed by atoms with Crippen molar-refractivity contribution < 1.29 is 4.79 Å². The first-order valence-corrected chi connectivity index (χ1v) is 8.66. The molecule has 3 rings (SSSR count). The van der Waals surface area contributed by atoms with Gasteiger partial charge in [0.1, 0.15) is 5.82 Å². The summed E-state index contributed by atoms with van der Waals surface area (Å²) in [6.45, 7) is 1.84. The van der Waals surface area contributed by atoms with Gasteiger partial charge in [-0.1, -0.05) is 12.8 Å². The Labute approximate surface area is 146 Å². The Morgan fingerprint density at radius 3 is 2.64 bits per heavy atom. The molecule has 1 aliphatic carbocycles. The molecule has 25 heavy (non-hydrogen) atoms. The minimum absolute atomic E-state index is 0.0569. The number of hydrogen-bond acceptors (Lipinski definition) is 5. The van der Waals surface area contributed by atoms with Crippen molar-refractivity contribution in [3.63, 3.8) is 0 Å². The molecule has 1 aliphatic rings. The standard InChI is InChI=1S/C17H24N6O2/c1-11-8-9-14(20-19-11)16(24)18-13-7-5-4-6-12(13)10-15-21-23(3)17(25)22(15)2/h8-9,12-13H,4-7,10H2,1-3H3,(H,18,24)/t12-,13-/m1/s1. The molecule has 2 heterocycles. The summed E-state index contributed by atoms with van der Waals surface area (Å²) in [5.74, 6) is 0.824. The molecule has 134 valence electrons. The second-order valence-electron chi connectivity index (χ2n) is 6.77. The molecule has 0 unspecified atom stereocenters. The summed E-state index contributed by atoms with van der Waals surface area (Å²) in [4.78, 5) is 24.3. The summed E-state index contributed by atoms with van der Waals surface area (Å²) in [7, 11) is 3.39. The van der Waals surface area contributed by atoms with Gasteiger partial charge in [0.25, 0.3) is 5.91 Å². The number of carbonyl (C=O) groups excluding carboxylic acids is 1. The maximum Gasteiger partial charge on any atom is 0.345 e. The van der Waals surface area contributed by atoms with Crippen molar-refractivity contribution in [2.45, 2.75) is 45.1 Å². The second kappa shape index (κ2) is 7.16. The number of hydrogen-bond donors (Lipinski definition) is 1. The first-order valence-electron chi connectivity index (χ1n) is 8.66. The summed E-state index contributed by atoms with van der Waals surface area (Å²) < 4.78 is 2.94. The van der Waals surface area contributed by atoms with Crippen LogP contribution in [0.5, 0.6) is 0 Å². The highest BCUT2D eigenvalue weighted by molar-refractivity contribution is 5.92. The van der Waals surface area contributed by atoms with Gasteiger partial charge in [-0.15, -0.1) is 5.10 Å². The zero-order chi connectivity index (χ0) is 18.0. The highest BCUT2D eigenvalue weighted by atomic mass is 16.2. The Morgan fingerprint density at radius 1 is 1.24 bits per heavy atom. The van der Waals surface area contributed by atoms with Crippen molar-refractivity contribution in [2.75, 3.05) is 0 Å². The van der Waals surface area contributed by atoms with E-state index in [4.69, 9.17) is 0 Å². The molecule has 1 amide bonds. The molecule has 0 saturated heterocycles. The summed E-state index contributed by atoms with van der Waals surface area (Å²) >= 11 is 0. The smallest absolute Gasteiger partial charge is 0.345 e. The van der Waals surface area contributed by atoms with E-state index >= 15 is 0 Å². The number of rotatable bonds is 4. The predicted octanol–water partition coefficient (Wildman–Crippen LogP) is 0.749. The molecule has 2 aromatic rings. The first-order chi connectivity index (χ1) is 12.0. The van der Waals surface area contributed by atoms with Crippen molar-refractivity contribution in [3.8, 4) is 0 Å². The largest absolute Gasteiger partial charge is 0.348 e. The zero-order valence-corrected chi connectivity index (χ0v) is 14.9. The van der Waals surface area contributed by atoms with Crippen LogP contribution in [0.4, 0.5) is 0 Å². The van der Waals surface area contributed by atoms with Crippen LogP contribution >= 0.6 is 0 Å². The van der Waals surface area contributed by atoms with Crippen LogP contribution in [0.15, 0.2) is 16.9 Å². The molecular formula is C17H24N6O2. The van der Waals surface area contributed by atoms with Gasteiger partial charge in [0.15, 0.2) is 5.69 Å². The van der Waals surface area contributed by atoms with Gasteiger partial charge in [-0.05, 0) is 37.8 Å². The zero-order valence-electron chi connectivity index (χ0n) is 14.9. The van der Waals surface area contributed by atoms with Crippen LogP contribution in [-0.4, -0.2) is 36.5 Å². The van der Waals surface area contributed by atoms with E-state index < -0.39 is 0 Å². The predicted molar refractivity (Wildman–Crippen MR) is 92.1 cm³/mol. The van der Waals surface area contributed by atoms with Crippen LogP contribution in [0.2, 0.25) is 0 Å². The number of carbonyl (C=O) groups is 1. The molecule has 0 spiro atoms. The van der Waals surface area contributed by atoms with Crippen molar-refractivity contribution in [2.24, 2.45) is 20.0 Å². The molecule has 1 saturated carbocycles. The third kappa shape index (κ3) is 3.78. The summed E-state index contributed by atoms with van der Waals surface area (Å²) in [5.41, 5.74) is 0.990. The molecule has 2 atom stereocenters. The lowest BCUT2D eigenvalue weighted by Gasteiger charge is -2.31. The average molecular weight is 344 g/mol. The molecular weight excluding hydrogens is 320 g/mol. The van der Waals surface area contributed by atoms with Crippen LogP contribution in [0.25, 0.3) is 0 Å². The second-order valence-corrected chi connectivity index (χ2v) is 6.77. The van der Waals surface area contributed by atoms with Gasteiger partial charge in [-0.25, -0.2) is 9.48 Å². The molecule has 0 bridgehead atoms. The Balaban J connectivity index is 1.72. The summed E-state index contributed by atoms with van der Waals surface area (Å²) in [6.07, 6.45) is 4.83. The van der Waals surface area contributed by atoms with Crippen molar-refractivity contribution in [1.29, 1.82) is 0 Å². The van der Waals surface area contributed by atoms with E-state index in [1.54, 1.807) is 30.8 Å². The lowest BCUT2D eigenvalue weighted by atomic mass is 9.82. The molecule has 1 N–H and O–H groups in total. The molecule has 8 heteroatoms. The average Bonchev–Trinajstić information content (AvgIpc) is 2.84. The van der Waals surface area contributed by atoms with E-state index in [0.717, 1.165) is 37.2 Å². The number of nitrogens with one attached hydrogen (secondary N) is 1. The molecule has 0 radical (unpaired) electrons. The minimum atomic E-state index is -0.195. The fraction of sp³-hybridized carbons (Fsp3) is 0.588. The third-order valence-corrected chi connectivity index (χ3v) is 4.92. The highest BCUT2D eigenvalue weighted by Crippen LogP contribution is 2.27. The van der Waals surface area contributed by atoms with E-state index in [1.165, 1.54) is 4.68 Å². The van der Waals surface area contributed by atoms with Crippen molar-refractivity contribution in [3.05, 3.63) is 39.8 Å². The molecule has 0 aliphatic heterocycles. The van der Waals surface area contributed by atoms with Crippen molar-refractivity contribution in [1.82, 2.24) is 29.9 Å². The Bertz CT molecular complexity index is 808. The molecule has 8 nitrogen and oxygen atoms in total. The van der Waals surface area contributed by atoms with Gasteiger partial charge in [0.05, 0.1) is 5.69 Å². The van der Waals surface area contributed by atoms with Crippen LogP contribution in [0.1, 0.15) is 47.7 Å². The van der Waals surface area contributed by atoms with Crippen LogP contribution in [0, 0.1) is 12.8 Å². The quantitative estimate of drug-likeness (QED) is 0.883. The van der Waals surface area contributed by atoms with Gasteiger partial charge >= 0.3 is 5.69 Å². The summed E-state index contributed by atoms with van der Waals surface area (Å²) in [6, 6.07) is 3.53. The molecule has 1 fully saturated rings. The van der Waals surface area contributed by atoms with E-state index in [1.807, 2.05) is 6.92 Å². The maximum atomic E-state index is 12.5. The lowest BCUT2D eigenvalue weighted by molar-refractivity contribution is 0.0898. The van der Waals surface area contributed by atoms with Gasteiger partial charge < -0.3 is 5.32 Å². The number of aryl methyl sites for hydroxylation is 2. The lowest BCUT2D eigenvalue weighted by Crippen LogP contribution is -2.43. The van der Waals surface area contributed by atoms with Gasteiger partial charge in [0.2, 0.25) is 0 Å². The Kier molecular flexibility index (Phi) is 4.96. The SMILES string of the molecule is Cc1ccc(C(=O)N[C@@H]2CCCC[C@@H]2Cc2nn(C)c(=O)n2C)nn1. The molecule has 0 aromatic carbocycles. The normalized spacial score (nSPS) is 20.4. The molecule has 2 aromatic heterocycles. The maximum absolute atomic E-state index is 12.5. The Hall–Kier alpha value is -2.51. The Morgan fingerprint density at radius 2 is 2.00 bits per heavy atom. The van der Waals surface area contributed by atoms with E-state index in [-0.39, 0.29) is 23.6 Å². The fourth-order valence-corrected chi connectivity index (χ4v) is 3.43. The first kappa shape index (κ1) is 17.3. The number of aromatic nitrogens is 5. The number of amides is 1. The minimum Gasteiger partial charge on any atom is -0.348 e. The highest BCUT2D eigenvalue weighted by Gasteiger charge is 2.29. The van der Waals surface area contributed by atoms with E-state index in [2.05, 4.69) is 20.6 Å². The number of nitrogens with zero attached hydrogens (tertiary/aromatic N) is 5. The van der Waals surface area contributed by atoms with Gasteiger partial charge in [-0.2, -0.15) is 10.2 Å². The topological polar surface area (TPSA) is 94.7 Å². The fourth-order valence-electron chi connectivity index (χ4n) is 3.43. The van der Waals surface area contributed by atoms with Gasteiger partial charge in [-0.3, -0.25) is 9.36 Å². The van der Waals surface area contributed by atoms with Gasteiger partial charge in [0, 0.05) is 26.6 Å². The van der Waals surface area contributed by atoms with Crippen LogP contribution < -0.4 is 11.0 Å². The van der Waals surface area contributed by atoms with E-state index in [9.17, 15) is 9.59 Å².